The van der Waals surface area contributed by atoms with Gasteiger partial charge in [-0.05, 0) is 70.4 Å². The summed E-state index contributed by atoms with van der Waals surface area (Å²) in [6.45, 7) is 2.38. The molecule has 21 heavy (non-hydrogen) atoms. The van der Waals surface area contributed by atoms with Crippen molar-refractivity contribution < 1.29 is 4.74 Å². The zero-order chi connectivity index (χ0) is 15.5. The van der Waals surface area contributed by atoms with Gasteiger partial charge in [0.2, 0.25) is 0 Å². The van der Waals surface area contributed by atoms with Crippen molar-refractivity contribution >= 4 is 0 Å². The van der Waals surface area contributed by atoms with Crippen LogP contribution in [0.4, 0.5) is 0 Å². The standard InChI is InChI=1S/C18H30N2O/c1-14-10-12-18(13-11-14,20(3)4)17(19-2)15-6-8-16(21-5)9-7-15/h6-9,14,17,19H,10-13H2,1-5H3. The van der Waals surface area contributed by atoms with Crippen LogP contribution >= 0.6 is 0 Å². The minimum absolute atomic E-state index is 0.204. The maximum Gasteiger partial charge on any atom is 0.118 e. The molecule has 1 unspecified atom stereocenters. The quantitative estimate of drug-likeness (QED) is 0.898. The van der Waals surface area contributed by atoms with Crippen LogP contribution in [0.2, 0.25) is 0 Å². The van der Waals surface area contributed by atoms with Crippen LogP contribution < -0.4 is 10.1 Å². The molecule has 1 N–H and O–H groups in total. The first kappa shape index (κ1) is 16.3. The van der Waals surface area contributed by atoms with Crippen LogP contribution in [-0.2, 0) is 0 Å². The van der Waals surface area contributed by atoms with Crippen LogP contribution in [0.1, 0.15) is 44.2 Å². The number of nitrogens with one attached hydrogen (secondary N) is 1. The smallest absolute Gasteiger partial charge is 0.118 e. The van der Waals surface area contributed by atoms with Crippen LogP contribution in [0.5, 0.6) is 5.75 Å². The third-order valence-corrected chi connectivity index (χ3v) is 5.31. The highest BCUT2D eigenvalue weighted by Crippen LogP contribution is 2.43. The second-order valence-corrected chi connectivity index (χ2v) is 6.68. The van der Waals surface area contributed by atoms with Crippen LogP contribution in [0.3, 0.4) is 0 Å². The maximum absolute atomic E-state index is 5.28. The van der Waals surface area contributed by atoms with Crippen molar-refractivity contribution in [2.75, 3.05) is 28.3 Å². The molecule has 0 radical (unpaired) electrons. The number of rotatable bonds is 5. The van der Waals surface area contributed by atoms with Gasteiger partial charge in [-0.2, -0.15) is 0 Å². The molecular weight excluding hydrogens is 260 g/mol. The van der Waals surface area contributed by atoms with Gasteiger partial charge in [0, 0.05) is 5.54 Å². The summed E-state index contributed by atoms with van der Waals surface area (Å²) in [6, 6.07) is 8.88. The lowest BCUT2D eigenvalue weighted by molar-refractivity contribution is 0.0455. The summed E-state index contributed by atoms with van der Waals surface area (Å²) < 4.78 is 5.28. The van der Waals surface area contributed by atoms with Gasteiger partial charge in [0.1, 0.15) is 5.75 Å². The predicted octanol–water partition coefficient (Wildman–Crippen LogP) is 3.47. The number of methoxy groups -OCH3 is 1. The molecular formula is C18H30N2O. The highest BCUT2D eigenvalue weighted by Gasteiger charge is 2.43. The Labute approximate surface area is 129 Å². The van der Waals surface area contributed by atoms with Crippen LogP contribution in [0.15, 0.2) is 24.3 Å². The molecule has 2 rings (SSSR count). The third-order valence-electron chi connectivity index (χ3n) is 5.31. The lowest BCUT2D eigenvalue weighted by Crippen LogP contribution is -2.55. The van der Waals surface area contributed by atoms with Gasteiger partial charge < -0.3 is 15.0 Å². The molecule has 1 atom stereocenters. The molecule has 0 heterocycles. The maximum atomic E-state index is 5.28. The normalized spacial score (nSPS) is 27.6. The molecule has 0 aromatic heterocycles. The van der Waals surface area contributed by atoms with Gasteiger partial charge in [0.25, 0.3) is 0 Å². The van der Waals surface area contributed by atoms with Crippen molar-refractivity contribution in [3.05, 3.63) is 29.8 Å². The number of likely N-dealkylation sites (N-methyl/N-ethyl adjacent to an activating group) is 2. The van der Waals surface area contributed by atoms with Crippen molar-refractivity contribution in [1.29, 1.82) is 0 Å². The van der Waals surface area contributed by atoms with Crippen molar-refractivity contribution in [2.45, 2.75) is 44.2 Å². The molecule has 3 nitrogen and oxygen atoms in total. The van der Waals surface area contributed by atoms with E-state index in [0.717, 1.165) is 11.7 Å². The lowest BCUT2D eigenvalue weighted by Gasteiger charge is -2.50. The van der Waals surface area contributed by atoms with Crippen LogP contribution in [-0.4, -0.2) is 38.7 Å². The molecule has 1 aromatic rings. The first-order valence-electron chi connectivity index (χ1n) is 8.02. The van der Waals surface area contributed by atoms with E-state index < -0.39 is 0 Å². The Morgan fingerprint density at radius 1 is 1.19 bits per heavy atom. The molecule has 1 saturated carbocycles. The number of benzene rings is 1. The average molecular weight is 290 g/mol. The van der Waals surface area contributed by atoms with Gasteiger partial charge in [0.15, 0.2) is 0 Å². The third kappa shape index (κ3) is 3.24. The molecule has 0 aliphatic heterocycles. The monoisotopic (exact) mass is 290 g/mol. The van der Waals surface area contributed by atoms with Gasteiger partial charge in [-0.3, -0.25) is 0 Å². The van der Waals surface area contributed by atoms with E-state index in [1.807, 2.05) is 0 Å². The summed E-state index contributed by atoms with van der Waals surface area (Å²) in [5, 5.41) is 3.58. The predicted molar refractivity (Wildman–Crippen MR) is 88.8 cm³/mol. The Morgan fingerprint density at radius 3 is 2.19 bits per heavy atom. The Balaban J connectivity index is 2.31. The molecule has 0 bridgehead atoms. The average Bonchev–Trinajstić information content (AvgIpc) is 2.50. The Morgan fingerprint density at radius 2 is 1.76 bits per heavy atom. The molecule has 1 aliphatic carbocycles. The summed E-state index contributed by atoms with van der Waals surface area (Å²) in [6.07, 6.45) is 5.12. The minimum atomic E-state index is 0.204. The van der Waals surface area contributed by atoms with Crippen molar-refractivity contribution in [3.8, 4) is 5.75 Å². The Bertz CT molecular complexity index is 433. The molecule has 0 amide bonds. The summed E-state index contributed by atoms with van der Waals surface area (Å²) in [7, 11) is 8.25. The topological polar surface area (TPSA) is 24.5 Å². The van der Waals surface area contributed by atoms with Crippen LogP contribution in [0, 0.1) is 5.92 Å². The van der Waals surface area contributed by atoms with E-state index in [9.17, 15) is 0 Å². The first-order valence-corrected chi connectivity index (χ1v) is 8.02. The van der Waals surface area contributed by atoms with E-state index in [2.05, 4.69) is 62.5 Å². The van der Waals surface area contributed by atoms with Gasteiger partial charge >= 0.3 is 0 Å². The van der Waals surface area contributed by atoms with E-state index in [-0.39, 0.29) is 5.54 Å². The SMILES string of the molecule is CNC(c1ccc(OC)cc1)C1(N(C)C)CCC(C)CC1. The molecule has 1 aliphatic rings. The van der Waals surface area contributed by atoms with E-state index >= 15 is 0 Å². The van der Waals surface area contributed by atoms with Gasteiger partial charge in [-0.25, -0.2) is 0 Å². The molecule has 118 valence electrons. The highest BCUT2D eigenvalue weighted by molar-refractivity contribution is 5.31. The Hall–Kier alpha value is -1.06. The summed E-state index contributed by atoms with van der Waals surface area (Å²) in [5.74, 6) is 1.77. The fourth-order valence-electron chi connectivity index (χ4n) is 3.80. The number of ether oxygens (including phenoxy) is 1. The van der Waals surface area contributed by atoms with Gasteiger partial charge in [0.05, 0.1) is 13.2 Å². The first-order chi connectivity index (χ1) is 10.0. The summed E-state index contributed by atoms with van der Waals surface area (Å²) in [5.41, 5.74) is 1.55. The Kier molecular flexibility index (Phi) is 5.28. The fourth-order valence-corrected chi connectivity index (χ4v) is 3.80. The molecule has 1 fully saturated rings. The summed E-state index contributed by atoms with van der Waals surface area (Å²) >= 11 is 0. The van der Waals surface area contributed by atoms with Gasteiger partial charge in [-0.15, -0.1) is 0 Å². The van der Waals surface area contributed by atoms with Crippen molar-refractivity contribution in [2.24, 2.45) is 5.92 Å². The van der Waals surface area contributed by atoms with E-state index in [1.54, 1.807) is 7.11 Å². The van der Waals surface area contributed by atoms with E-state index in [1.165, 1.54) is 31.2 Å². The second-order valence-electron chi connectivity index (χ2n) is 6.68. The number of nitrogens with zero attached hydrogens (tertiary/aromatic N) is 1. The number of hydrogen-bond donors (Lipinski definition) is 1. The van der Waals surface area contributed by atoms with E-state index in [0.29, 0.717) is 6.04 Å². The summed E-state index contributed by atoms with van der Waals surface area (Å²) in [4.78, 5) is 2.43. The van der Waals surface area contributed by atoms with Gasteiger partial charge in [-0.1, -0.05) is 19.1 Å². The molecule has 0 saturated heterocycles. The molecule has 1 aromatic carbocycles. The fraction of sp³-hybridized carbons (Fsp3) is 0.667. The van der Waals surface area contributed by atoms with Crippen LogP contribution in [0.25, 0.3) is 0 Å². The minimum Gasteiger partial charge on any atom is -0.497 e. The zero-order valence-corrected chi connectivity index (χ0v) is 14.1. The van der Waals surface area contributed by atoms with E-state index in [4.69, 9.17) is 4.74 Å². The molecule has 0 spiro atoms. The highest BCUT2D eigenvalue weighted by atomic mass is 16.5. The van der Waals surface area contributed by atoms with Crippen molar-refractivity contribution in [3.63, 3.8) is 0 Å². The largest absolute Gasteiger partial charge is 0.497 e. The number of hydrogen-bond acceptors (Lipinski definition) is 3. The van der Waals surface area contributed by atoms with Crippen molar-refractivity contribution in [1.82, 2.24) is 10.2 Å². The zero-order valence-electron chi connectivity index (χ0n) is 14.1. The lowest BCUT2D eigenvalue weighted by atomic mass is 9.70. The molecule has 3 heteroatoms. The second kappa shape index (κ2) is 6.80.